The zero-order valence-electron chi connectivity index (χ0n) is 16.2. The topological polar surface area (TPSA) is 67.5 Å². The van der Waals surface area contributed by atoms with Gasteiger partial charge in [-0.2, -0.15) is 0 Å². The van der Waals surface area contributed by atoms with Crippen molar-refractivity contribution >= 4 is 23.0 Å². The van der Waals surface area contributed by atoms with Gasteiger partial charge in [0.25, 0.3) is 0 Å². The van der Waals surface area contributed by atoms with E-state index in [2.05, 4.69) is 37.5 Å². The molecule has 3 aromatic heterocycles. The van der Waals surface area contributed by atoms with E-state index >= 15 is 0 Å². The van der Waals surface area contributed by atoms with Crippen molar-refractivity contribution in [1.29, 1.82) is 0 Å². The van der Waals surface area contributed by atoms with E-state index in [9.17, 15) is 0 Å². The van der Waals surface area contributed by atoms with Crippen molar-refractivity contribution in [3.63, 3.8) is 0 Å². The normalized spacial score (nSPS) is 15.1. The standard InChI is InChI=1S/C21H26N6/c1-14(2)24-20-15(3)11-16(12-22-20)18-9-10-27-19(18)13-23-21(26-27)25-17-7-5-4-6-8-17/h9-13,17H,4-8H2,1-3H3,(H,25,26). The Hall–Kier alpha value is -2.76. The molecule has 0 aromatic carbocycles. The second kappa shape index (κ2) is 7.47. The molecule has 0 atom stereocenters. The van der Waals surface area contributed by atoms with Gasteiger partial charge in [0.15, 0.2) is 5.82 Å². The maximum absolute atomic E-state index is 4.65. The third kappa shape index (κ3) is 3.84. The average Bonchev–Trinajstić information content (AvgIpc) is 3.07. The lowest BCUT2D eigenvalue weighted by molar-refractivity contribution is 0.460. The molecule has 1 aliphatic carbocycles. The van der Waals surface area contributed by atoms with E-state index in [4.69, 9.17) is 0 Å². The fraction of sp³-hybridized carbons (Fsp3) is 0.429. The molecular formula is C21H26N6. The first-order chi connectivity index (χ1) is 13.1. The molecule has 140 valence electrons. The van der Waals surface area contributed by atoms with Gasteiger partial charge >= 0.3 is 0 Å². The molecular weight excluding hydrogens is 336 g/mol. The molecule has 1 fully saturated rings. The van der Waals surface area contributed by atoms with Crippen molar-refractivity contribution < 1.29 is 0 Å². The van der Waals surface area contributed by atoms with Gasteiger partial charge in [-0.15, -0.1) is 5.10 Å². The van der Waals surface area contributed by atoms with Crippen LogP contribution in [0.1, 0.15) is 51.5 Å². The molecule has 0 amide bonds. The Morgan fingerprint density at radius 2 is 1.96 bits per heavy atom. The molecule has 27 heavy (non-hydrogen) atoms. The summed E-state index contributed by atoms with van der Waals surface area (Å²) < 4.78 is 1.89. The first-order valence-corrected chi connectivity index (χ1v) is 9.70. The number of hydrogen-bond acceptors (Lipinski definition) is 5. The molecule has 0 radical (unpaired) electrons. The van der Waals surface area contributed by atoms with Crippen molar-refractivity contribution in [2.45, 2.75) is 58.9 Å². The van der Waals surface area contributed by atoms with Crippen LogP contribution in [0.3, 0.4) is 0 Å². The van der Waals surface area contributed by atoms with E-state index in [1.165, 1.54) is 32.1 Å². The first kappa shape index (κ1) is 17.6. The summed E-state index contributed by atoms with van der Waals surface area (Å²) in [5.74, 6) is 1.48. The summed E-state index contributed by atoms with van der Waals surface area (Å²) in [4.78, 5) is 13.6. The second-order valence-electron chi connectivity index (χ2n) is 7.54. The summed E-state index contributed by atoms with van der Waals surface area (Å²) in [7, 11) is 0. The van der Waals surface area contributed by atoms with Gasteiger partial charge < -0.3 is 5.32 Å². The maximum Gasteiger partial charge on any atom is 0.241 e. The van der Waals surface area contributed by atoms with Crippen LogP contribution in [0.5, 0.6) is 0 Å². The van der Waals surface area contributed by atoms with E-state index in [1.54, 1.807) is 0 Å². The van der Waals surface area contributed by atoms with E-state index in [0.717, 1.165) is 33.7 Å². The third-order valence-electron chi connectivity index (χ3n) is 5.05. The Labute approximate surface area is 159 Å². The number of aromatic nitrogens is 4. The average molecular weight is 362 g/mol. The number of pyridine rings is 1. The van der Waals surface area contributed by atoms with Crippen molar-refractivity contribution in [2.75, 3.05) is 5.32 Å². The van der Waals surface area contributed by atoms with Crippen LogP contribution in [0.25, 0.3) is 16.6 Å². The Morgan fingerprint density at radius 1 is 1.15 bits per heavy atom. The lowest BCUT2D eigenvalue weighted by atomic mass is 9.96. The Balaban J connectivity index is 1.61. The molecule has 0 unspecified atom stereocenters. The zero-order chi connectivity index (χ0) is 18.8. The fourth-order valence-corrected chi connectivity index (χ4v) is 3.68. The Kier molecular flexibility index (Phi) is 4.88. The number of rotatable bonds is 4. The number of aryl methyl sites for hydroxylation is 1. The molecule has 1 saturated carbocycles. The second-order valence-corrected chi connectivity index (χ2v) is 7.54. The molecule has 3 aromatic rings. The third-order valence-corrected chi connectivity index (χ3v) is 5.05. The minimum atomic E-state index is 0.494. The number of nitrogens with zero attached hydrogens (tertiary/aromatic N) is 5. The van der Waals surface area contributed by atoms with Crippen LogP contribution in [-0.2, 0) is 0 Å². The number of aliphatic imine (C=N–C) groups is 1. The van der Waals surface area contributed by atoms with Crippen molar-refractivity contribution in [2.24, 2.45) is 4.99 Å². The highest BCUT2D eigenvalue weighted by atomic mass is 15.3. The van der Waals surface area contributed by atoms with Crippen molar-refractivity contribution in [3.8, 4) is 11.1 Å². The van der Waals surface area contributed by atoms with Gasteiger partial charge in [0, 0.05) is 35.3 Å². The lowest BCUT2D eigenvalue weighted by Gasteiger charge is -2.22. The molecule has 0 spiro atoms. The summed E-state index contributed by atoms with van der Waals surface area (Å²) in [6.45, 7) is 6.00. The van der Waals surface area contributed by atoms with Gasteiger partial charge in [-0.3, -0.25) is 0 Å². The minimum absolute atomic E-state index is 0.494. The van der Waals surface area contributed by atoms with E-state index in [1.807, 2.05) is 43.9 Å². The highest BCUT2D eigenvalue weighted by molar-refractivity contribution is 5.83. The molecule has 1 N–H and O–H groups in total. The maximum atomic E-state index is 4.65. The summed E-state index contributed by atoms with van der Waals surface area (Å²) in [5, 5.41) is 8.13. The minimum Gasteiger partial charge on any atom is -0.350 e. The fourth-order valence-electron chi connectivity index (χ4n) is 3.68. The number of anilines is 1. The van der Waals surface area contributed by atoms with Crippen LogP contribution in [0.15, 0.2) is 35.7 Å². The number of hydrogen-bond donors (Lipinski definition) is 1. The van der Waals surface area contributed by atoms with E-state index < -0.39 is 0 Å². The van der Waals surface area contributed by atoms with Crippen LogP contribution < -0.4 is 5.32 Å². The van der Waals surface area contributed by atoms with Crippen LogP contribution in [0, 0.1) is 6.92 Å². The van der Waals surface area contributed by atoms with Gasteiger partial charge in [-0.25, -0.2) is 19.5 Å². The largest absolute Gasteiger partial charge is 0.350 e. The molecule has 4 rings (SSSR count). The summed E-state index contributed by atoms with van der Waals surface area (Å²) in [6, 6.07) is 4.69. The Morgan fingerprint density at radius 3 is 2.70 bits per heavy atom. The zero-order valence-corrected chi connectivity index (χ0v) is 16.2. The van der Waals surface area contributed by atoms with Crippen molar-refractivity contribution in [3.05, 3.63) is 36.3 Å². The van der Waals surface area contributed by atoms with E-state index in [-0.39, 0.29) is 0 Å². The molecule has 0 bridgehead atoms. The van der Waals surface area contributed by atoms with Crippen LogP contribution in [0.2, 0.25) is 0 Å². The van der Waals surface area contributed by atoms with Crippen molar-refractivity contribution in [1.82, 2.24) is 19.6 Å². The van der Waals surface area contributed by atoms with Gasteiger partial charge in [-0.1, -0.05) is 19.3 Å². The van der Waals surface area contributed by atoms with E-state index in [0.29, 0.717) is 12.0 Å². The predicted octanol–water partition coefficient (Wildman–Crippen LogP) is 4.96. The highest BCUT2D eigenvalue weighted by Crippen LogP contribution is 2.28. The van der Waals surface area contributed by atoms with Crippen LogP contribution in [-0.4, -0.2) is 31.3 Å². The number of fused-ring (bicyclic) bond motifs is 1. The summed E-state index contributed by atoms with van der Waals surface area (Å²) in [6.07, 6.45) is 12.1. The highest BCUT2D eigenvalue weighted by Gasteiger charge is 2.15. The van der Waals surface area contributed by atoms with Gasteiger partial charge in [0.2, 0.25) is 5.95 Å². The quantitative estimate of drug-likeness (QED) is 0.666. The van der Waals surface area contributed by atoms with Gasteiger partial charge in [-0.05, 0) is 51.3 Å². The van der Waals surface area contributed by atoms with Crippen LogP contribution >= 0.6 is 0 Å². The monoisotopic (exact) mass is 362 g/mol. The first-order valence-electron chi connectivity index (χ1n) is 9.70. The summed E-state index contributed by atoms with van der Waals surface area (Å²) >= 11 is 0. The van der Waals surface area contributed by atoms with Crippen LogP contribution in [0.4, 0.5) is 11.8 Å². The molecule has 0 saturated heterocycles. The summed E-state index contributed by atoms with van der Waals surface area (Å²) in [5.41, 5.74) is 5.18. The molecule has 1 aliphatic rings. The molecule has 3 heterocycles. The number of nitrogens with one attached hydrogen (secondary N) is 1. The molecule has 6 heteroatoms. The SMILES string of the molecule is CC(C)=Nc1ncc(-c2ccn3nc(NC4CCCCC4)ncc23)cc1C. The lowest BCUT2D eigenvalue weighted by Crippen LogP contribution is -2.23. The van der Waals surface area contributed by atoms with Gasteiger partial charge in [0.05, 0.1) is 11.7 Å². The smallest absolute Gasteiger partial charge is 0.241 e. The Bertz CT molecular complexity index is 978. The molecule has 6 nitrogen and oxygen atoms in total. The van der Waals surface area contributed by atoms with Gasteiger partial charge in [0.1, 0.15) is 0 Å². The predicted molar refractivity (Wildman–Crippen MR) is 110 cm³/mol. The molecule has 0 aliphatic heterocycles.